The average molecular weight is 245 g/mol. The molecule has 1 amide bonds. The first-order chi connectivity index (χ1) is 7.70. The molecule has 1 aliphatic heterocycles. The number of methoxy groups -OCH3 is 1. The highest BCUT2D eigenvalue weighted by Gasteiger charge is 2.47. The van der Waals surface area contributed by atoms with Crippen LogP contribution in [0.15, 0.2) is 0 Å². The topological polar surface area (TPSA) is 76.1 Å². The van der Waals surface area contributed by atoms with E-state index in [1.54, 1.807) is 20.8 Å². The van der Waals surface area contributed by atoms with Gasteiger partial charge in [-0.25, -0.2) is 9.59 Å². The Labute approximate surface area is 100 Å². The third kappa shape index (κ3) is 3.09. The Morgan fingerprint density at radius 2 is 1.94 bits per heavy atom. The van der Waals surface area contributed by atoms with Crippen molar-refractivity contribution >= 4 is 12.1 Å². The molecule has 1 aliphatic rings. The fourth-order valence-electron chi connectivity index (χ4n) is 1.69. The molecule has 6 nitrogen and oxygen atoms in total. The van der Waals surface area contributed by atoms with E-state index in [1.165, 1.54) is 12.0 Å². The molecule has 6 heteroatoms. The first kappa shape index (κ1) is 13.8. The van der Waals surface area contributed by atoms with Crippen molar-refractivity contribution < 1.29 is 24.2 Å². The fraction of sp³-hybridized carbons (Fsp3) is 0.818. The number of amides is 1. The summed E-state index contributed by atoms with van der Waals surface area (Å²) in [7, 11) is 1.34. The summed E-state index contributed by atoms with van der Waals surface area (Å²) in [6.45, 7) is 5.65. The number of ether oxygens (including phenoxy) is 2. The quantitative estimate of drug-likeness (QED) is 0.788. The highest BCUT2D eigenvalue weighted by atomic mass is 16.6. The largest absolute Gasteiger partial charge is 0.479 e. The summed E-state index contributed by atoms with van der Waals surface area (Å²) in [6.07, 6.45) is -0.226. The number of rotatable bonds is 2. The summed E-state index contributed by atoms with van der Waals surface area (Å²) >= 11 is 0. The molecule has 0 bridgehead atoms. The molecular weight excluding hydrogens is 226 g/mol. The molecule has 0 aromatic rings. The molecular formula is C11H19NO5. The molecule has 0 aliphatic carbocycles. The van der Waals surface area contributed by atoms with Gasteiger partial charge in [0.15, 0.2) is 5.60 Å². The van der Waals surface area contributed by atoms with Gasteiger partial charge in [0.25, 0.3) is 0 Å². The van der Waals surface area contributed by atoms with Crippen LogP contribution in [0.2, 0.25) is 0 Å². The summed E-state index contributed by atoms with van der Waals surface area (Å²) < 4.78 is 10.2. The molecule has 1 heterocycles. The lowest BCUT2D eigenvalue weighted by atomic mass is 10.0. The van der Waals surface area contributed by atoms with E-state index in [2.05, 4.69) is 0 Å². The standard InChI is InChI=1S/C11H19NO5/c1-10(2,3)17-9(15)12-6-5-11(7-12,16-4)8(13)14/h5-7H2,1-4H3,(H,13,14)/t11-/m1/s1. The third-order valence-corrected chi connectivity index (χ3v) is 2.66. The van der Waals surface area contributed by atoms with Gasteiger partial charge in [0.2, 0.25) is 0 Å². The third-order valence-electron chi connectivity index (χ3n) is 2.66. The molecule has 0 spiro atoms. The maximum absolute atomic E-state index is 11.7. The van der Waals surface area contributed by atoms with E-state index in [0.29, 0.717) is 6.54 Å². The number of nitrogens with zero attached hydrogens (tertiary/aromatic N) is 1. The predicted molar refractivity (Wildman–Crippen MR) is 59.8 cm³/mol. The molecule has 98 valence electrons. The Morgan fingerprint density at radius 3 is 2.29 bits per heavy atom. The van der Waals surface area contributed by atoms with Crippen molar-refractivity contribution in [1.82, 2.24) is 4.90 Å². The van der Waals surface area contributed by atoms with Gasteiger partial charge in [0.05, 0.1) is 6.54 Å². The normalized spacial score (nSPS) is 24.8. The van der Waals surface area contributed by atoms with Gasteiger partial charge in [-0.15, -0.1) is 0 Å². The molecule has 1 rings (SSSR count). The number of carbonyl (C=O) groups excluding carboxylic acids is 1. The van der Waals surface area contributed by atoms with Crippen molar-refractivity contribution in [3.05, 3.63) is 0 Å². The van der Waals surface area contributed by atoms with Crippen molar-refractivity contribution in [3.63, 3.8) is 0 Å². The maximum atomic E-state index is 11.7. The minimum atomic E-state index is -1.29. The second-order valence-electron chi connectivity index (χ2n) is 5.16. The van der Waals surface area contributed by atoms with Gasteiger partial charge >= 0.3 is 12.1 Å². The Hall–Kier alpha value is -1.30. The fourth-order valence-corrected chi connectivity index (χ4v) is 1.69. The smallest absolute Gasteiger partial charge is 0.410 e. The van der Waals surface area contributed by atoms with E-state index < -0.39 is 23.3 Å². The van der Waals surface area contributed by atoms with Crippen molar-refractivity contribution in [3.8, 4) is 0 Å². The van der Waals surface area contributed by atoms with Gasteiger partial charge in [-0.3, -0.25) is 0 Å². The summed E-state index contributed by atoms with van der Waals surface area (Å²) in [5.41, 5.74) is -1.88. The Morgan fingerprint density at radius 1 is 1.35 bits per heavy atom. The predicted octanol–water partition coefficient (Wildman–Crippen LogP) is 1.10. The summed E-state index contributed by atoms with van der Waals surface area (Å²) in [6, 6.07) is 0. The van der Waals surface area contributed by atoms with E-state index in [9.17, 15) is 9.59 Å². The first-order valence-electron chi connectivity index (χ1n) is 5.47. The van der Waals surface area contributed by atoms with Crippen LogP contribution in [0.25, 0.3) is 0 Å². The van der Waals surface area contributed by atoms with Crippen LogP contribution < -0.4 is 0 Å². The highest BCUT2D eigenvalue weighted by Crippen LogP contribution is 2.26. The molecule has 0 saturated carbocycles. The van der Waals surface area contributed by atoms with E-state index in [-0.39, 0.29) is 13.0 Å². The van der Waals surface area contributed by atoms with Crippen LogP contribution in [0, 0.1) is 0 Å². The SMILES string of the molecule is CO[C@]1(C(=O)O)CCN(C(=O)OC(C)(C)C)C1. The molecule has 1 N–H and O–H groups in total. The number of carbonyl (C=O) groups is 2. The number of carboxylic acid groups (broad SMARTS) is 1. The van der Waals surface area contributed by atoms with Crippen LogP contribution in [0.3, 0.4) is 0 Å². The van der Waals surface area contributed by atoms with Gasteiger partial charge in [-0.05, 0) is 20.8 Å². The van der Waals surface area contributed by atoms with Crippen LogP contribution in [0.4, 0.5) is 4.79 Å². The molecule has 17 heavy (non-hydrogen) atoms. The monoisotopic (exact) mass is 245 g/mol. The number of carboxylic acids is 1. The number of hydrogen-bond acceptors (Lipinski definition) is 4. The lowest BCUT2D eigenvalue weighted by Crippen LogP contribution is -2.45. The van der Waals surface area contributed by atoms with Crippen LogP contribution in [-0.2, 0) is 14.3 Å². The first-order valence-corrected chi connectivity index (χ1v) is 5.47. The molecule has 1 fully saturated rings. The summed E-state index contributed by atoms with van der Waals surface area (Å²) in [5.74, 6) is -1.05. The van der Waals surface area contributed by atoms with Crippen molar-refractivity contribution in [2.45, 2.75) is 38.4 Å². The molecule has 0 aromatic heterocycles. The van der Waals surface area contributed by atoms with E-state index in [1.807, 2.05) is 0 Å². The zero-order valence-corrected chi connectivity index (χ0v) is 10.6. The van der Waals surface area contributed by atoms with E-state index in [4.69, 9.17) is 14.6 Å². The van der Waals surface area contributed by atoms with Crippen molar-refractivity contribution in [1.29, 1.82) is 0 Å². The van der Waals surface area contributed by atoms with Crippen molar-refractivity contribution in [2.75, 3.05) is 20.2 Å². The lowest BCUT2D eigenvalue weighted by Gasteiger charge is -2.26. The molecule has 0 radical (unpaired) electrons. The van der Waals surface area contributed by atoms with Crippen molar-refractivity contribution in [2.24, 2.45) is 0 Å². The van der Waals surface area contributed by atoms with Gasteiger partial charge in [-0.1, -0.05) is 0 Å². The molecule has 1 atom stereocenters. The number of hydrogen-bond donors (Lipinski definition) is 1. The maximum Gasteiger partial charge on any atom is 0.410 e. The minimum absolute atomic E-state index is 0.0216. The Balaban J connectivity index is 2.67. The number of likely N-dealkylation sites (tertiary alicyclic amines) is 1. The van der Waals surface area contributed by atoms with E-state index >= 15 is 0 Å². The Kier molecular flexibility index (Phi) is 3.66. The van der Waals surface area contributed by atoms with Crippen LogP contribution in [0.1, 0.15) is 27.2 Å². The van der Waals surface area contributed by atoms with Gasteiger partial charge < -0.3 is 19.5 Å². The molecule has 0 aromatic carbocycles. The Bertz CT molecular complexity index is 322. The molecule has 0 unspecified atom stereocenters. The number of aliphatic carboxylic acids is 1. The summed E-state index contributed by atoms with van der Waals surface area (Å²) in [4.78, 5) is 24.2. The second-order valence-corrected chi connectivity index (χ2v) is 5.16. The highest BCUT2D eigenvalue weighted by molar-refractivity contribution is 5.80. The zero-order chi connectivity index (χ0) is 13.3. The summed E-state index contributed by atoms with van der Waals surface area (Å²) in [5, 5.41) is 9.09. The van der Waals surface area contributed by atoms with Crippen LogP contribution in [-0.4, -0.2) is 53.5 Å². The van der Waals surface area contributed by atoms with Crippen LogP contribution >= 0.6 is 0 Å². The minimum Gasteiger partial charge on any atom is -0.479 e. The van der Waals surface area contributed by atoms with Gasteiger partial charge in [-0.2, -0.15) is 0 Å². The lowest BCUT2D eigenvalue weighted by molar-refractivity contribution is -0.160. The molecule has 1 saturated heterocycles. The second kappa shape index (κ2) is 4.52. The van der Waals surface area contributed by atoms with Gasteiger partial charge in [0, 0.05) is 20.1 Å². The van der Waals surface area contributed by atoms with Gasteiger partial charge in [0.1, 0.15) is 5.60 Å². The average Bonchev–Trinajstić information content (AvgIpc) is 2.60. The van der Waals surface area contributed by atoms with E-state index in [0.717, 1.165) is 0 Å². The zero-order valence-electron chi connectivity index (χ0n) is 10.6. The van der Waals surface area contributed by atoms with Crippen LogP contribution in [0.5, 0.6) is 0 Å².